The predicted octanol–water partition coefficient (Wildman–Crippen LogP) is 3.14. The van der Waals surface area contributed by atoms with E-state index in [0.29, 0.717) is 11.4 Å². The maximum atomic E-state index is 12.5. The van der Waals surface area contributed by atoms with Crippen molar-refractivity contribution in [3.05, 3.63) is 58.7 Å². The zero-order chi connectivity index (χ0) is 16.1. The Hall–Kier alpha value is -2.47. The molecule has 0 saturated carbocycles. The number of aryl methyl sites for hydroxylation is 2. The van der Waals surface area contributed by atoms with Crippen LogP contribution in [-0.2, 0) is 6.54 Å². The number of amides is 1. The van der Waals surface area contributed by atoms with Crippen LogP contribution in [0, 0.1) is 6.92 Å². The molecule has 0 bridgehead atoms. The molecule has 2 heterocycles. The highest BCUT2D eigenvalue weighted by atomic mass is 32.1. The van der Waals surface area contributed by atoms with Crippen LogP contribution in [-0.4, -0.2) is 27.2 Å². The van der Waals surface area contributed by atoms with E-state index in [1.165, 1.54) is 11.3 Å². The molecule has 0 saturated heterocycles. The van der Waals surface area contributed by atoms with E-state index in [2.05, 4.69) is 15.4 Å². The fraction of sp³-hybridized carbons (Fsp3) is 0.235. The molecule has 0 aliphatic rings. The van der Waals surface area contributed by atoms with Gasteiger partial charge in [0.2, 0.25) is 0 Å². The Morgan fingerprint density at radius 2 is 2.09 bits per heavy atom. The van der Waals surface area contributed by atoms with Gasteiger partial charge in [-0.25, -0.2) is 4.98 Å². The molecular weight excluding hydrogens is 308 g/mol. The molecular formula is C17H18N4OS. The number of hydrogen-bond acceptors (Lipinski definition) is 4. The number of nitrogens with zero attached hydrogens (tertiary/aromatic N) is 3. The van der Waals surface area contributed by atoms with E-state index in [1.54, 1.807) is 6.20 Å². The molecule has 1 N–H and O–H groups in total. The van der Waals surface area contributed by atoms with Crippen LogP contribution in [0.2, 0.25) is 0 Å². The number of aromatic nitrogens is 3. The van der Waals surface area contributed by atoms with E-state index in [0.717, 1.165) is 29.2 Å². The average molecular weight is 326 g/mol. The van der Waals surface area contributed by atoms with Gasteiger partial charge in [-0.15, -0.1) is 11.3 Å². The first-order chi connectivity index (χ1) is 11.2. The van der Waals surface area contributed by atoms with E-state index in [1.807, 2.05) is 54.2 Å². The summed E-state index contributed by atoms with van der Waals surface area (Å²) in [5.41, 5.74) is 1.73. The lowest BCUT2D eigenvalue weighted by atomic mass is 10.1. The Morgan fingerprint density at radius 3 is 2.83 bits per heavy atom. The van der Waals surface area contributed by atoms with E-state index in [9.17, 15) is 4.79 Å². The summed E-state index contributed by atoms with van der Waals surface area (Å²) in [6, 6.07) is 11.7. The van der Waals surface area contributed by atoms with E-state index < -0.39 is 0 Å². The van der Waals surface area contributed by atoms with Crippen LogP contribution in [0.5, 0.6) is 0 Å². The van der Waals surface area contributed by atoms with Crippen LogP contribution >= 0.6 is 11.3 Å². The third-order valence-electron chi connectivity index (χ3n) is 3.40. The first-order valence-corrected chi connectivity index (χ1v) is 8.34. The minimum atomic E-state index is -0.0603. The first-order valence-electron chi connectivity index (χ1n) is 7.52. The Bertz CT molecular complexity index is 765. The molecule has 5 nitrogen and oxygen atoms in total. The minimum Gasteiger partial charge on any atom is -0.351 e. The normalized spacial score (nSPS) is 10.7. The van der Waals surface area contributed by atoms with Crippen molar-refractivity contribution in [2.75, 3.05) is 6.54 Å². The number of nitrogens with one attached hydrogen (secondary N) is 1. The summed E-state index contributed by atoms with van der Waals surface area (Å²) in [7, 11) is 0. The average Bonchev–Trinajstić information content (AvgIpc) is 3.21. The Morgan fingerprint density at radius 1 is 1.26 bits per heavy atom. The van der Waals surface area contributed by atoms with Crippen molar-refractivity contribution in [2.24, 2.45) is 0 Å². The van der Waals surface area contributed by atoms with Gasteiger partial charge >= 0.3 is 0 Å². The van der Waals surface area contributed by atoms with Crippen molar-refractivity contribution in [3.8, 4) is 11.3 Å². The lowest BCUT2D eigenvalue weighted by molar-refractivity contribution is 0.0957. The second-order valence-electron chi connectivity index (χ2n) is 5.16. The monoisotopic (exact) mass is 326 g/mol. The van der Waals surface area contributed by atoms with Crippen molar-refractivity contribution in [2.45, 2.75) is 19.9 Å². The molecule has 0 radical (unpaired) electrons. The summed E-state index contributed by atoms with van der Waals surface area (Å²) in [4.78, 5) is 17.6. The van der Waals surface area contributed by atoms with Gasteiger partial charge in [0, 0.05) is 31.0 Å². The highest BCUT2D eigenvalue weighted by Crippen LogP contribution is 2.27. The van der Waals surface area contributed by atoms with Gasteiger partial charge in [-0.05, 0) is 19.4 Å². The summed E-state index contributed by atoms with van der Waals surface area (Å²) in [6.45, 7) is 3.33. The van der Waals surface area contributed by atoms with Crippen molar-refractivity contribution in [1.29, 1.82) is 0 Å². The molecule has 0 spiro atoms. The Kier molecular flexibility index (Phi) is 4.83. The van der Waals surface area contributed by atoms with Gasteiger partial charge in [0.25, 0.3) is 5.91 Å². The summed E-state index contributed by atoms with van der Waals surface area (Å²) < 4.78 is 1.86. The summed E-state index contributed by atoms with van der Waals surface area (Å²) >= 11 is 1.43. The Balaban J connectivity index is 1.63. The van der Waals surface area contributed by atoms with E-state index >= 15 is 0 Å². The standard InChI is InChI=1S/C17H18N4OS/c1-13-20-15(14-7-3-2-4-8-14)16(23-13)17(22)18-9-5-11-21-12-6-10-19-21/h2-4,6-8,10,12H,5,9,11H2,1H3,(H,18,22). The number of benzene rings is 1. The quantitative estimate of drug-likeness (QED) is 0.708. The molecule has 0 fully saturated rings. The van der Waals surface area contributed by atoms with Gasteiger partial charge in [-0.1, -0.05) is 30.3 Å². The summed E-state index contributed by atoms with van der Waals surface area (Å²) in [6.07, 6.45) is 4.51. The minimum absolute atomic E-state index is 0.0603. The molecule has 118 valence electrons. The van der Waals surface area contributed by atoms with Crippen LogP contribution in [0.15, 0.2) is 48.8 Å². The number of thiazole rings is 1. The van der Waals surface area contributed by atoms with Crippen LogP contribution in [0.3, 0.4) is 0 Å². The molecule has 6 heteroatoms. The molecule has 3 rings (SSSR count). The highest BCUT2D eigenvalue weighted by molar-refractivity contribution is 7.14. The van der Waals surface area contributed by atoms with Crippen LogP contribution in [0.4, 0.5) is 0 Å². The predicted molar refractivity (Wildman–Crippen MR) is 91.5 cm³/mol. The smallest absolute Gasteiger partial charge is 0.263 e. The summed E-state index contributed by atoms with van der Waals surface area (Å²) in [5.74, 6) is -0.0603. The van der Waals surface area contributed by atoms with Crippen LogP contribution in [0.1, 0.15) is 21.1 Å². The molecule has 0 aliphatic carbocycles. The van der Waals surface area contributed by atoms with Crippen molar-refractivity contribution in [3.63, 3.8) is 0 Å². The van der Waals surface area contributed by atoms with Crippen molar-refractivity contribution in [1.82, 2.24) is 20.1 Å². The molecule has 23 heavy (non-hydrogen) atoms. The van der Waals surface area contributed by atoms with Crippen molar-refractivity contribution < 1.29 is 4.79 Å². The molecule has 0 unspecified atom stereocenters. The molecule has 3 aromatic rings. The zero-order valence-electron chi connectivity index (χ0n) is 12.9. The van der Waals surface area contributed by atoms with Gasteiger partial charge in [0.05, 0.1) is 10.7 Å². The summed E-state index contributed by atoms with van der Waals surface area (Å²) in [5, 5.41) is 8.01. The fourth-order valence-electron chi connectivity index (χ4n) is 2.33. The van der Waals surface area contributed by atoms with E-state index in [-0.39, 0.29) is 5.91 Å². The molecule has 0 aliphatic heterocycles. The molecule has 1 aromatic carbocycles. The van der Waals surface area contributed by atoms with Gasteiger partial charge in [0.15, 0.2) is 0 Å². The lowest BCUT2D eigenvalue weighted by Crippen LogP contribution is -2.25. The number of rotatable bonds is 6. The second kappa shape index (κ2) is 7.19. The lowest BCUT2D eigenvalue weighted by Gasteiger charge is -2.06. The number of carbonyl (C=O) groups excluding carboxylic acids is 1. The van der Waals surface area contributed by atoms with Gasteiger partial charge in [0.1, 0.15) is 4.88 Å². The third-order valence-corrected chi connectivity index (χ3v) is 4.37. The van der Waals surface area contributed by atoms with Crippen molar-refractivity contribution >= 4 is 17.2 Å². The Labute approximate surface area is 139 Å². The van der Waals surface area contributed by atoms with Crippen LogP contribution in [0.25, 0.3) is 11.3 Å². The SMILES string of the molecule is Cc1nc(-c2ccccc2)c(C(=O)NCCCn2cccn2)s1. The number of hydrogen-bond donors (Lipinski definition) is 1. The number of carbonyl (C=O) groups is 1. The molecule has 1 amide bonds. The first kappa shape index (κ1) is 15.4. The van der Waals surface area contributed by atoms with Gasteiger partial charge < -0.3 is 5.32 Å². The molecule has 2 aromatic heterocycles. The molecule has 0 atom stereocenters. The zero-order valence-corrected chi connectivity index (χ0v) is 13.7. The fourth-order valence-corrected chi connectivity index (χ4v) is 3.19. The topological polar surface area (TPSA) is 59.8 Å². The van der Waals surface area contributed by atoms with Gasteiger partial charge in [-0.2, -0.15) is 5.10 Å². The maximum Gasteiger partial charge on any atom is 0.263 e. The maximum absolute atomic E-state index is 12.5. The second-order valence-corrected chi connectivity index (χ2v) is 6.36. The largest absolute Gasteiger partial charge is 0.351 e. The highest BCUT2D eigenvalue weighted by Gasteiger charge is 2.17. The van der Waals surface area contributed by atoms with E-state index in [4.69, 9.17) is 0 Å². The third kappa shape index (κ3) is 3.84. The van der Waals surface area contributed by atoms with Crippen LogP contribution < -0.4 is 5.32 Å². The van der Waals surface area contributed by atoms with Gasteiger partial charge in [-0.3, -0.25) is 9.48 Å².